The molecule has 12 rings (SSSR count). The van der Waals surface area contributed by atoms with Crippen LogP contribution in [0.15, 0.2) is 150 Å². The second kappa shape index (κ2) is 11.9. The molecular formula is C56H49NO. The third-order valence-corrected chi connectivity index (χ3v) is 14.9. The molecular weight excluding hydrogens is 703 g/mol. The van der Waals surface area contributed by atoms with Gasteiger partial charge in [-0.05, 0) is 141 Å². The average molecular weight is 752 g/mol. The van der Waals surface area contributed by atoms with Crippen LogP contribution in [0.2, 0.25) is 0 Å². The van der Waals surface area contributed by atoms with Crippen LogP contribution in [0.25, 0.3) is 55.3 Å². The Labute approximate surface area is 342 Å². The summed E-state index contributed by atoms with van der Waals surface area (Å²) in [5.41, 5.74) is 20.7. The number of hydrogen-bond donors (Lipinski definition) is 0. The van der Waals surface area contributed by atoms with E-state index in [1.54, 1.807) is 11.1 Å². The molecule has 2 nitrogen and oxygen atoms in total. The molecule has 0 N–H and O–H groups in total. The van der Waals surface area contributed by atoms with Crippen LogP contribution < -0.4 is 4.90 Å². The van der Waals surface area contributed by atoms with Crippen molar-refractivity contribution in [2.75, 3.05) is 4.90 Å². The quantitative estimate of drug-likeness (QED) is 0.178. The zero-order valence-electron chi connectivity index (χ0n) is 34.2. The van der Waals surface area contributed by atoms with Crippen LogP contribution in [0.4, 0.5) is 17.1 Å². The van der Waals surface area contributed by atoms with Gasteiger partial charge in [0.1, 0.15) is 11.2 Å². The maximum atomic E-state index is 6.51. The fourth-order valence-electron chi connectivity index (χ4n) is 12.2. The van der Waals surface area contributed by atoms with Crippen molar-refractivity contribution in [3.63, 3.8) is 0 Å². The first-order valence-electron chi connectivity index (χ1n) is 21.4. The Balaban J connectivity index is 1.00. The van der Waals surface area contributed by atoms with E-state index in [1.165, 1.54) is 104 Å². The van der Waals surface area contributed by atoms with Gasteiger partial charge in [-0.3, -0.25) is 0 Å². The van der Waals surface area contributed by atoms with Crippen molar-refractivity contribution >= 4 is 39.0 Å². The molecule has 2 bridgehead atoms. The van der Waals surface area contributed by atoms with Crippen molar-refractivity contribution in [2.24, 2.45) is 11.8 Å². The summed E-state index contributed by atoms with van der Waals surface area (Å²) in [5, 5.41) is 2.35. The van der Waals surface area contributed by atoms with Gasteiger partial charge in [-0.25, -0.2) is 0 Å². The minimum Gasteiger partial charge on any atom is -0.456 e. The number of benzene rings is 7. The molecule has 2 fully saturated rings. The third-order valence-electron chi connectivity index (χ3n) is 14.9. The van der Waals surface area contributed by atoms with E-state index in [-0.39, 0.29) is 16.2 Å². The standard InChI is InChI=1S/C56H49NO/c1-54(2,3)49-16-10-13-45-46-30-36(20-28-52(46)58-53(45)49)35-18-22-38(23-19-35)57(39-24-26-43-41-11-6-8-14-47(41)55(4,5)50(43)31-39)40-25-27-44-42-12-7-9-15-48(42)56(51(44)32-40)33-34-17-21-37(56)29-34/h6-16,18-20,22-28,30-32,34,37H,17,21,29,33H2,1-5H3. The molecule has 0 amide bonds. The van der Waals surface area contributed by atoms with Gasteiger partial charge in [-0.1, -0.05) is 138 Å². The van der Waals surface area contributed by atoms with Crippen molar-refractivity contribution in [1.29, 1.82) is 0 Å². The van der Waals surface area contributed by atoms with Gasteiger partial charge >= 0.3 is 0 Å². The molecule has 8 aromatic rings. The first kappa shape index (κ1) is 34.2. The van der Waals surface area contributed by atoms with E-state index in [2.05, 4.69) is 185 Å². The lowest BCUT2D eigenvalue weighted by molar-refractivity contribution is 0.327. The van der Waals surface area contributed by atoms with E-state index in [0.29, 0.717) is 5.92 Å². The molecule has 7 aromatic carbocycles. The smallest absolute Gasteiger partial charge is 0.139 e. The lowest BCUT2D eigenvalue weighted by Crippen LogP contribution is -2.32. The highest BCUT2D eigenvalue weighted by molar-refractivity contribution is 6.07. The zero-order valence-corrected chi connectivity index (χ0v) is 34.2. The number of anilines is 3. The second-order valence-corrected chi connectivity index (χ2v) is 19.4. The number of furan rings is 1. The van der Waals surface area contributed by atoms with Gasteiger partial charge in [-0.15, -0.1) is 0 Å². The Kier molecular flexibility index (Phi) is 6.99. The SMILES string of the molecule is CC(C)(C)c1cccc2c1oc1ccc(-c3ccc(N(c4ccc5c(c4)C(C)(C)c4ccccc4-5)c4ccc5c(c4)C4(CC6CCC4C6)c4ccccc4-5)cc3)cc12. The molecule has 284 valence electrons. The van der Waals surface area contributed by atoms with Crippen LogP contribution in [0, 0.1) is 11.8 Å². The number of rotatable bonds is 4. The Morgan fingerprint density at radius 2 is 1.19 bits per heavy atom. The van der Waals surface area contributed by atoms with Crippen LogP contribution >= 0.6 is 0 Å². The summed E-state index contributed by atoms with van der Waals surface area (Å²) in [4.78, 5) is 2.52. The highest BCUT2D eigenvalue weighted by Crippen LogP contribution is 2.66. The summed E-state index contributed by atoms with van der Waals surface area (Å²) in [7, 11) is 0. The molecule has 2 heteroatoms. The fraction of sp³-hybridized carbons (Fsp3) is 0.250. The Morgan fingerprint density at radius 1 is 0.552 bits per heavy atom. The average Bonchev–Trinajstić information content (AvgIpc) is 4.05. The van der Waals surface area contributed by atoms with Crippen LogP contribution in [0.1, 0.15) is 88.1 Å². The van der Waals surface area contributed by atoms with Gasteiger partial charge in [0.25, 0.3) is 0 Å². The Bertz CT molecular complexity index is 2990. The van der Waals surface area contributed by atoms with E-state index in [9.17, 15) is 0 Å². The van der Waals surface area contributed by atoms with Gasteiger partial charge < -0.3 is 9.32 Å². The highest BCUT2D eigenvalue weighted by Gasteiger charge is 2.56. The summed E-state index contributed by atoms with van der Waals surface area (Å²) >= 11 is 0. The molecule has 58 heavy (non-hydrogen) atoms. The maximum Gasteiger partial charge on any atom is 0.139 e. The summed E-state index contributed by atoms with van der Waals surface area (Å²) in [5.74, 6) is 1.55. The summed E-state index contributed by atoms with van der Waals surface area (Å²) in [6.07, 6.45) is 5.37. The van der Waals surface area contributed by atoms with Crippen LogP contribution in [-0.2, 0) is 16.2 Å². The van der Waals surface area contributed by atoms with Crippen molar-refractivity contribution < 1.29 is 4.42 Å². The zero-order chi connectivity index (χ0) is 39.1. The predicted molar refractivity (Wildman–Crippen MR) is 242 cm³/mol. The van der Waals surface area contributed by atoms with Crippen molar-refractivity contribution in [3.05, 3.63) is 173 Å². The molecule has 1 aromatic heterocycles. The van der Waals surface area contributed by atoms with E-state index < -0.39 is 0 Å². The number of fused-ring (bicyclic) bond motifs is 14. The van der Waals surface area contributed by atoms with E-state index >= 15 is 0 Å². The van der Waals surface area contributed by atoms with Crippen molar-refractivity contribution in [2.45, 2.75) is 76.5 Å². The molecule has 3 unspecified atom stereocenters. The Morgan fingerprint density at radius 3 is 1.90 bits per heavy atom. The van der Waals surface area contributed by atoms with Gasteiger partial charge in [0.2, 0.25) is 0 Å². The minimum absolute atomic E-state index is 0.00336. The number of nitrogens with zero attached hydrogens (tertiary/aromatic N) is 1. The molecule has 1 spiro atoms. The summed E-state index contributed by atoms with van der Waals surface area (Å²) in [6.45, 7) is 11.5. The van der Waals surface area contributed by atoms with Gasteiger partial charge in [0, 0.05) is 44.2 Å². The van der Waals surface area contributed by atoms with Gasteiger partial charge in [0.05, 0.1) is 0 Å². The van der Waals surface area contributed by atoms with Gasteiger partial charge in [0.15, 0.2) is 0 Å². The van der Waals surface area contributed by atoms with E-state index in [1.807, 2.05) is 0 Å². The third kappa shape index (κ3) is 4.66. The second-order valence-electron chi connectivity index (χ2n) is 19.4. The maximum absolute atomic E-state index is 6.51. The highest BCUT2D eigenvalue weighted by atomic mass is 16.3. The molecule has 0 aliphatic heterocycles. The predicted octanol–water partition coefficient (Wildman–Crippen LogP) is 15.4. The van der Waals surface area contributed by atoms with Crippen LogP contribution in [0.5, 0.6) is 0 Å². The molecule has 4 aliphatic carbocycles. The Hall–Kier alpha value is -5.86. The van der Waals surface area contributed by atoms with Gasteiger partial charge in [-0.2, -0.15) is 0 Å². The topological polar surface area (TPSA) is 16.4 Å². The van der Waals surface area contributed by atoms with Crippen LogP contribution in [0.3, 0.4) is 0 Å². The monoisotopic (exact) mass is 751 g/mol. The molecule has 3 atom stereocenters. The first-order valence-corrected chi connectivity index (χ1v) is 21.4. The number of para-hydroxylation sites is 1. The van der Waals surface area contributed by atoms with Crippen molar-refractivity contribution in [3.8, 4) is 33.4 Å². The normalized spacial score (nSPS) is 20.8. The number of hydrogen-bond acceptors (Lipinski definition) is 2. The molecule has 0 radical (unpaired) electrons. The summed E-state index contributed by atoms with van der Waals surface area (Å²) < 4.78 is 6.51. The molecule has 1 heterocycles. The fourth-order valence-corrected chi connectivity index (χ4v) is 12.2. The lowest BCUT2D eigenvalue weighted by atomic mass is 9.67. The van der Waals surface area contributed by atoms with E-state index in [0.717, 1.165) is 17.1 Å². The molecule has 2 saturated carbocycles. The van der Waals surface area contributed by atoms with E-state index in [4.69, 9.17) is 4.42 Å². The minimum atomic E-state index is -0.0896. The molecule has 0 saturated heterocycles. The van der Waals surface area contributed by atoms with Crippen LogP contribution in [-0.4, -0.2) is 0 Å². The lowest BCUT2D eigenvalue weighted by Gasteiger charge is -2.37. The molecule has 4 aliphatic rings. The van der Waals surface area contributed by atoms with Crippen molar-refractivity contribution in [1.82, 2.24) is 0 Å². The summed E-state index contributed by atoms with van der Waals surface area (Å²) in [6, 6.07) is 55.4. The first-order chi connectivity index (χ1) is 28.1. The largest absolute Gasteiger partial charge is 0.456 e.